The monoisotopic (exact) mass is 265 g/mol. The summed E-state index contributed by atoms with van der Waals surface area (Å²) in [5, 5.41) is 0.528. The highest BCUT2D eigenvalue weighted by Gasteiger charge is 1.99. The van der Waals surface area contributed by atoms with Crippen molar-refractivity contribution in [1.82, 2.24) is 4.98 Å². The van der Waals surface area contributed by atoms with Gasteiger partial charge >= 0.3 is 0 Å². The number of pyridine rings is 1. The fourth-order valence-electron chi connectivity index (χ4n) is 0.760. The standard InChI is InChI=1S/C8H9BrClNS/c1-2-12-5-6-3-7(9)8(10)11-4-6/h3-4H,2,5H2,1H3. The molecule has 1 rings (SSSR count). The SMILES string of the molecule is CCSCc1cnc(Cl)c(Br)c1. The highest BCUT2D eigenvalue weighted by molar-refractivity contribution is 9.10. The quantitative estimate of drug-likeness (QED) is 0.773. The summed E-state index contributed by atoms with van der Waals surface area (Å²) in [5.74, 6) is 2.12. The van der Waals surface area contributed by atoms with Crippen LogP contribution in [-0.4, -0.2) is 10.7 Å². The van der Waals surface area contributed by atoms with E-state index in [0.29, 0.717) is 5.15 Å². The number of rotatable bonds is 3. The summed E-state index contributed by atoms with van der Waals surface area (Å²) in [6, 6.07) is 2.01. The Morgan fingerprint density at radius 2 is 2.42 bits per heavy atom. The lowest BCUT2D eigenvalue weighted by atomic mass is 10.3. The topological polar surface area (TPSA) is 12.9 Å². The van der Waals surface area contributed by atoms with E-state index >= 15 is 0 Å². The molecule has 1 heterocycles. The molecule has 0 amide bonds. The third-order valence-corrected chi connectivity index (χ3v) is 3.41. The Labute approximate surface area is 90.0 Å². The maximum Gasteiger partial charge on any atom is 0.143 e. The third kappa shape index (κ3) is 2.96. The number of hydrogen-bond acceptors (Lipinski definition) is 2. The van der Waals surface area contributed by atoms with Crippen molar-refractivity contribution < 1.29 is 0 Å². The number of halogens is 2. The summed E-state index contributed by atoms with van der Waals surface area (Å²) < 4.78 is 0.873. The lowest BCUT2D eigenvalue weighted by Gasteiger charge is -2.00. The molecule has 0 saturated heterocycles. The van der Waals surface area contributed by atoms with Crippen molar-refractivity contribution in [1.29, 1.82) is 0 Å². The summed E-state index contributed by atoms with van der Waals surface area (Å²) in [6.45, 7) is 2.14. The van der Waals surface area contributed by atoms with E-state index in [1.807, 2.05) is 24.0 Å². The molecule has 1 nitrogen and oxygen atoms in total. The molecule has 0 unspecified atom stereocenters. The van der Waals surface area contributed by atoms with Gasteiger partial charge in [0.25, 0.3) is 0 Å². The molecule has 0 bridgehead atoms. The molecule has 0 fully saturated rings. The van der Waals surface area contributed by atoms with Gasteiger partial charge in [-0.25, -0.2) is 4.98 Å². The Morgan fingerprint density at radius 1 is 1.67 bits per heavy atom. The van der Waals surface area contributed by atoms with Gasteiger partial charge in [0, 0.05) is 11.9 Å². The predicted octanol–water partition coefficient (Wildman–Crippen LogP) is 3.75. The number of hydrogen-bond donors (Lipinski definition) is 0. The van der Waals surface area contributed by atoms with Crippen LogP contribution in [-0.2, 0) is 5.75 Å². The maximum absolute atomic E-state index is 5.75. The summed E-state index contributed by atoms with van der Waals surface area (Å²) in [6.07, 6.45) is 1.82. The van der Waals surface area contributed by atoms with Crippen LogP contribution < -0.4 is 0 Å². The summed E-state index contributed by atoms with van der Waals surface area (Å²) in [5.41, 5.74) is 1.21. The van der Waals surface area contributed by atoms with Gasteiger partial charge in [0.2, 0.25) is 0 Å². The molecule has 4 heteroatoms. The van der Waals surface area contributed by atoms with Gasteiger partial charge in [-0.2, -0.15) is 11.8 Å². The van der Waals surface area contributed by atoms with E-state index in [-0.39, 0.29) is 0 Å². The smallest absolute Gasteiger partial charge is 0.143 e. The van der Waals surface area contributed by atoms with E-state index in [4.69, 9.17) is 11.6 Å². The molecule has 1 aromatic rings. The number of aromatic nitrogens is 1. The molecule has 0 aliphatic heterocycles. The maximum atomic E-state index is 5.75. The molecule has 0 radical (unpaired) electrons. The van der Waals surface area contributed by atoms with Crippen LogP contribution in [0.15, 0.2) is 16.7 Å². The van der Waals surface area contributed by atoms with Crippen molar-refractivity contribution >= 4 is 39.3 Å². The predicted molar refractivity (Wildman–Crippen MR) is 58.8 cm³/mol. The summed E-state index contributed by atoms with van der Waals surface area (Å²) in [7, 11) is 0. The fraction of sp³-hybridized carbons (Fsp3) is 0.375. The van der Waals surface area contributed by atoms with Crippen molar-refractivity contribution in [3.05, 3.63) is 27.5 Å². The van der Waals surface area contributed by atoms with Crippen LogP contribution in [0, 0.1) is 0 Å². The largest absolute Gasteiger partial charge is 0.243 e. The molecule has 0 aliphatic carbocycles. The first-order chi connectivity index (χ1) is 5.74. The molecule has 0 N–H and O–H groups in total. The van der Waals surface area contributed by atoms with Crippen LogP contribution in [0.2, 0.25) is 5.15 Å². The van der Waals surface area contributed by atoms with Gasteiger partial charge in [-0.3, -0.25) is 0 Å². The Morgan fingerprint density at radius 3 is 3.00 bits per heavy atom. The van der Waals surface area contributed by atoms with Gasteiger partial charge in [0.05, 0.1) is 4.47 Å². The molecule has 1 aromatic heterocycles. The van der Waals surface area contributed by atoms with Crippen LogP contribution in [0.25, 0.3) is 0 Å². The molecular formula is C8H9BrClNS. The Kier molecular flexibility index (Phi) is 4.40. The van der Waals surface area contributed by atoms with Crippen molar-refractivity contribution in [2.45, 2.75) is 12.7 Å². The first kappa shape index (κ1) is 10.4. The Hall–Kier alpha value is 0.270. The molecule has 0 spiro atoms. The normalized spacial score (nSPS) is 10.2. The Balaban J connectivity index is 2.69. The average molecular weight is 267 g/mol. The van der Waals surface area contributed by atoms with Crippen molar-refractivity contribution in [2.75, 3.05) is 5.75 Å². The van der Waals surface area contributed by atoms with Crippen LogP contribution in [0.5, 0.6) is 0 Å². The zero-order chi connectivity index (χ0) is 8.97. The van der Waals surface area contributed by atoms with Gasteiger partial charge < -0.3 is 0 Å². The first-order valence-corrected chi connectivity index (χ1v) is 5.94. The molecule has 0 atom stereocenters. The minimum atomic E-state index is 0.528. The van der Waals surface area contributed by atoms with Gasteiger partial charge in [-0.05, 0) is 33.3 Å². The second kappa shape index (κ2) is 5.10. The zero-order valence-electron chi connectivity index (χ0n) is 6.68. The van der Waals surface area contributed by atoms with Gasteiger partial charge in [0.1, 0.15) is 5.15 Å². The van der Waals surface area contributed by atoms with Gasteiger partial charge in [0.15, 0.2) is 0 Å². The molecule has 66 valence electrons. The van der Waals surface area contributed by atoms with Crippen LogP contribution >= 0.6 is 39.3 Å². The van der Waals surface area contributed by atoms with E-state index in [1.54, 1.807) is 0 Å². The van der Waals surface area contributed by atoms with E-state index in [9.17, 15) is 0 Å². The molecule has 0 aromatic carbocycles. The minimum Gasteiger partial charge on any atom is -0.243 e. The lowest BCUT2D eigenvalue weighted by Crippen LogP contribution is -1.84. The van der Waals surface area contributed by atoms with Crippen molar-refractivity contribution in [2.24, 2.45) is 0 Å². The molecular weight excluding hydrogens is 258 g/mol. The van der Waals surface area contributed by atoms with Crippen molar-refractivity contribution in [3.63, 3.8) is 0 Å². The second-order valence-corrected chi connectivity index (χ2v) is 4.74. The summed E-state index contributed by atoms with van der Waals surface area (Å²) in [4.78, 5) is 4.04. The van der Waals surface area contributed by atoms with Gasteiger partial charge in [-0.15, -0.1) is 0 Å². The van der Waals surface area contributed by atoms with Crippen LogP contribution in [0.3, 0.4) is 0 Å². The highest BCUT2D eigenvalue weighted by atomic mass is 79.9. The zero-order valence-corrected chi connectivity index (χ0v) is 9.84. The molecule has 0 saturated carbocycles. The lowest BCUT2D eigenvalue weighted by molar-refractivity contribution is 1.23. The van der Waals surface area contributed by atoms with E-state index in [0.717, 1.165) is 16.0 Å². The molecule has 12 heavy (non-hydrogen) atoms. The average Bonchev–Trinajstić information content (AvgIpc) is 2.07. The van der Waals surface area contributed by atoms with Crippen LogP contribution in [0.1, 0.15) is 12.5 Å². The van der Waals surface area contributed by atoms with Crippen LogP contribution in [0.4, 0.5) is 0 Å². The van der Waals surface area contributed by atoms with E-state index in [2.05, 4.69) is 27.8 Å². The molecule has 0 aliphatic rings. The fourth-order valence-corrected chi connectivity index (χ4v) is 1.86. The first-order valence-electron chi connectivity index (χ1n) is 3.61. The van der Waals surface area contributed by atoms with E-state index in [1.165, 1.54) is 5.56 Å². The summed E-state index contributed by atoms with van der Waals surface area (Å²) >= 11 is 11.0. The number of thioether (sulfide) groups is 1. The van der Waals surface area contributed by atoms with E-state index < -0.39 is 0 Å². The third-order valence-electron chi connectivity index (χ3n) is 1.33. The number of nitrogens with zero attached hydrogens (tertiary/aromatic N) is 1. The van der Waals surface area contributed by atoms with Gasteiger partial charge in [-0.1, -0.05) is 18.5 Å². The highest BCUT2D eigenvalue weighted by Crippen LogP contribution is 2.22. The second-order valence-electron chi connectivity index (χ2n) is 2.25. The van der Waals surface area contributed by atoms with Crippen molar-refractivity contribution in [3.8, 4) is 0 Å². The minimum absolute atomic E-state index is 0.528. The Bertz CT molecular complexity index is 267.